The molecule has 3 aromatic carbocycles. The van der Waals surface area contributed by atoms with E-state index in [1.54, 1.807) is 42.5 Å². The lowest BCUT2D eigenvalue weighted by Gasteiger charge is -2.33. The van der Waals surface area contributed by atoms with E-state index >= 15 is 0 Å². The van der Waals surface area contributed by atoms with Gasteiger partial charge in [-0.3, -0.25) is 13.9 Å². The zero-order valence-corrected chi connectivity index (χ0v) is 24.7. The molecule has 1 N–H and O–H groups in total. The molecular formula is C28H31BrClN3O4S. The van der Waals surface area contributed by atoms with Crippen LogP contribution >= 0.6 is 27.5 Å². The Labute approximate surface area is 238 Å². The molecule has 10 heteroatoms. The summed E-state index contributed by atoms with van der Waals surface area (Å²) in [7, 11) is -3.82. The van der Waals surface area contributed by atoms with Crippen molar-refractivity contribution in [2.75, 3.05) is 23.7 Å². The van der Waals surface area contributed by atoms with E-state index in [1.807, 2.05) is 44.2 Å². The Hall–Kier alpha value is -2.88. The summed E-state index contributed by atoms with van der Waals surface area (Å²) in [4.78, 5) is 28.7. The first-order chi connectivity index (χ1) is 18.0. The number of anilines is 1. The molecule has 2 amide bonds. The van der Waals surface area contributed by atoms with Crippen molar-refractivity contribution in [1.82, 2.24) is 10.2 Å². The fourth-order valence-corrected chi connectivity index (χ4v) is 5.24. The second-order valence-electron chi connectivity index (χ2n) is 8.95. The van der Waals surface area contributed by atoms with E-state index < -0.39 is 28.5 Å². The van der Waals surface area contributed by atoms with E-state index in [0.717, 1.165) is 31.7 Å². The molecule has 0 radical (unpaired) electrons. The molecule has 7 nitrogen and oxygen atoms in total. The van der Waals surface area contributed by atoms with Crippen molar-refractivity contribution >= 4 is 55.1 Å². The first-order valence-electron chi connectivity index (χ1n) is 12.1. The maximum absolute atomic E-state index is 13.9. The Morgan fingerprint density at radius 2 is 1.66 bits per heavy atom. The van der Waals surface area contributed by atoms with Crippen LogP contribution in [-0.4, -0.2) is 50.5 Å². The summed E-state index contributed by atoms with van der Waals surface area (Å²) in [6.45, 7) is 3.68. The van der Waals surface area contributed by atoms with Crippen molar-refractivity contribution in [3.63, 3.8) is 0 Å². The first kappa shape index (κ1) is 29.7. The molecule has 0 saturated heterocycles. The third-order valence-corrected chi connectivity index (χ3v) is 8.28. The molecule has 0 aliphatic heterocycles. The second kappa shape index (κ2) is 13.3. The third kappa shape index (κ3) is 8.06. The van der Waals surface area contributed by atoms with Gasteiger partial charge in [-0.05, 0) is 60.9 Å². The maximum atomic E-state index is 13.9. The predicted molar refractivity (Wildman–Crippen MR) is 156 cm³/mol. The number of sulfonamides is 1. The van der Waals surface area contributed by atoms with Crippen molar-refractivity contribution in [3.05, 3.63) is 99.0 Å². The molecule has 0 spiro atoms. The van der Waals surface area contributed by atoms with E-state index in [9.17, 15) is 18.0 Å². The van der Waals surface area contributed by atoms with E-state index in [4.69, 9.17) is 11.6 Å². The quantitative estimate of drug-likeness (QED) is 0.329. The van der Waals surface area contributed by atoms with E-state index in [2.05, 4.69) is 21.2 Å². The highest BCUT2D eigenvalue weighted by molar-refractivity contribution is 9.10. The fourth-order valence-electron chi connectivity index (χ4n) is 4.03. The Kier molecular flexibility index (Phi) is 10.4. The Bertz CT molecular complexity index is 1370. The molecule has 0 heterocycles. The molecule has 0 aliphatic rings. The van der Waals surface area contributed by atoms with Gasteiger partial charge in [-0.1, -0.05) is 70.0 Å². The Morgan fingerprint density at radius 3 is 2.24 bits per heavy atom. The zero-order valence-electron chi connectivity index (χ0n) is 21.5. The molecular weight excluding hydrogens is 590 g/mol. The minimum Gasteiger partial charge on any atom is -0.355 e. The van der Waals surface area contributed by atoms with Crippen molar-refractivity contribution in [2.45, 2.75) is 32.9 Å². The number of benzene rings is 3. The van der Waals surface area contributed by atoms with Crippen LogP contribution in [0, 0.1) is 6.92 Å². The SMILES string of the molecule is CCNC(=O)[C@@H](Cc1ccccc1)N(Cc1ccc(Cl)cc1)C(=O)CN(c1ccc(Br)c(C)c1)S(C)(=O)=O. The number of aryl methyl sites for hydroxylation is 1. The van der Waals surface area contributed by atoms with Gasteiger partial charge in [0.05, 0.1) is 11.9 Å². The monoisotopic (exact) mass is 619 g/mol. The van der Waals surface area contributed by atoms with Crippen LogP contribution in [0.5, 0.6) is 0 Å². The van der Waals surface area contributed by atoms with Crippen LogP contribution in [0.1, 0.15) is 23.6 Å². The number of hydrogen-bond donors (Lipinski definition) is 1. The van der Waals surface area contributed by atoms with Crippen LogP contribution in [0.4, 0.5) is 5.69 Å². The molecule has 0 aliphatic carbocycles. The molecule has 0 fully saturated rings. The van der Waals surface area contributed by atoms with Crippen molar-refractivity contribution < 1.29 is 18.0 Å². The number of amides is 2. The standard InChI is InChI=1S/C28H31BrClN3O4S/c1-4-31-28(35)26(17-21-8-6-5-7-9-21)32(18-22-10-12-23(30)13-11-22)27(34)19-33(38(3,36)37)24-14-15-25(29)20(2)16-24/h5-16,26H,4,17-19H2,1-3H3,(H,31,35)/t26-/m1/s1. The number of rotatable bonds is 11. The molecule has 0 saturated carbocycles. The van der Waals surface area contributed by atoms with Crippen molar-refractivity contribution in [3.8, 4) is 0 Å². The highest BCUT2D eigenvalue weighted by atomic mass is 79.9. The highest BCUT2D eigenvalue weighted by Crippen LogP contribution is 2.25. The molecule has 3 rings (SSSR count). The number of carbonyl (C=O) groups excluding carboxylic acids is 2. The summed E-state index contributed by atoms with van der Waals surface area (Å²) in [6, 6.07) is 20.6. The Morgan fingerprint density at radius 1 is 1.00 bits per heavy atom. The summed E-state index contributed by atoms with van der Waals surface area (Å²) in [5.41, 5.74) is 2.83. The maximum Gasteiger partial charge on any atom is 0.244 e. The average molecular weight is 621 g/mol. The van der Waals surface area contributed by atoms with E-state index in [-0.39, 0.29) is 18.9 Å². The van der Waals surface area contributed by atoms with Crippen LogP contribution in [0.2, 0.25) is 5.02 Å². The minimum atomic E-state index is -3.82. The van der Waals surface area contributed by atoms with Gasteiger partial charge in [-0.2, -0.15) is 0 Å². The summed E-state index contributed by atoms with van der Waals surface area (Å²) in [6.07, 6.45) is 1.33. The van der Waals surface area contributed by atoms with Crippen molar-refractivity contribution in [1.29, 1.82) is 0 Å². The topological polar surface area (TPSA) is 86.8 Å². The lowest BCUT2D eigenvalue weighted by molar-refractivity contribution is -0.140. The van der Waals surface area contributed by atoms with Gasteiger partial charge in [-0.15, -0.1) is 0 Å². The number of carbonyl (C=O) groups is 2. The van der Waals surface area contributed by atoms with Crippen LogP contribution in [0.25, 0.3) is 0 Å². The van der Waals surface area contributed by atoms with Crippen LogP contribution in [0.3, 0.4) is 0 Å². The number of nitrogens with one attached hydrogen (secondary N) is 1. The highest BCUT2D eigenvalue weighted by Gasteiger charge is 2.32. The average Bonchev–Trinajstić information content (AvgIpc) is 2.87. The lowest BCUT2D eigenvalue weighted by atomic mass is 10.0. The lowest BCUT2D eigenvalue weighted by Crippen LogP contribution is -2.53. The predicted octanol–water partition coefficient (Wildman–Crippen LogP) is 4.95. The zero-order chi connectivity index (χ0) is 27.9. The van der Waals surface area contributed by atoms with Crippen molar-refractivity contribution in [2.24, 2.45) is 0 Å². The van der Waals surface area contributed by atoms with Gasteiger partial charge in [0.25, 0.3) is 0 Å². The summed E-state index contributed by atoms with van der Waals surface area (Å²) in [5, 5.41) is 3.38. The summed E-state index contributed by atoms with van der Waals surface area (Å²) >= 11 is 9.49. The van der Waals surface area contributed by atoms with Gasteiger partial charge < -0.3 is 10.2 Å². The number of halogens is 2. The van der Waals surface area contributed by atoms with E-state index in [0.29, 0.717) is 17.3 Å². The van der Waals surface area contributed by atoms with Gasteiger partial charge in [-0.25, -0.2) is 8.42 Å². The van der Waals surface area contributed by atoms with E-state index in [1.165, 1.54) is 4.90 Å². The minimum absolute atomic E-state index is 0.0988. The van der Waals surface area contributed by atoms with Gasteiger partial charge >= 0.3 is 0 Å². The number of likely N-dealkylation sites (N-methyl/N-ethyl adjacent to an activating group) is 1. The summed E-state index contributed by atoms with van der Waals surface area (Å²) < 4.78 is 27.6. The molecule has 0 unspecified atom stereocenters. The number of hydrogen-bond acceptors (Lipinski definition) is 4. The third-order valence-electron chi connectivity index (χ3n) is 6.00. The number of nitrogens with zero attached hydrogens (tertiary/aromatic N) is 2. The molecule has 38 heavy (non-hydrogen) atoms. The first-order valence-corrected chi connectivity index (χ1v) is 15.1. The summed E-state index contributed by atoms with van der Waals surface area (Å²) in [5.74, 6) is -0.817. The van der Waals surface area contributed by atoms with Gasteiger partial charge in [0.15, 0.2) is 0 Å². The smallest absolute Gasteiger partial charge is 0.244 e. The molecule has 1 atom stereocenters. The Balaban J connectivity index is 2.04. The van der Waals surface area contributed by atoms with Gasteiger partial charge in [0, 0.05) is 29.0 Å². The fraction of sp³-hybridized carbons (Fsp3) is 0.286. The van der Waals surface area contributed by atoms with Gasteiger partial charge in [0.1, 0.15) is 12.6 Å². The van der Waals surface area contributed by atoms with Gasteiger partial charge in [0.2, 0.25) is 21.8 Å². The molecule has 202 valence electrons. The van der Waals surface area contributed by atoms with Crippen LogP contribution < -0.4 is 9.62 Å². The molecule has 3 aromatic rings. The molecule has 0 aromatic heterocycles. The molecule has 0 bridgehead atoms. The van der Waals surface area contributed by atoms with Crippen LogP contribution in [-0.2, 0) is 32.6 Å². The second-order valence-corrected chi connectivity index (χ2v) is 12.1. The van der Waals surface area contributed by atoms with Crippen LogP contribution in [0.15, 0.2) is 77.3 Å². The largest absolute Gasteiger partial charge is 0.355 e. The normalized spacial score (nSPS) is 12.0.